The Hall–Kier alpha value is -2.48. The van der Waals surface area contributed by atoms with E-state index in [-0.39, 0.29) is 0 Å². The van der Waals surface area contributed by atoms with Crippen molar-refractivity contribution >= 4 is 16.5 Å². The molecular formula is C18H17NO. The van der Waals surface area contributed by atoms with Gasteiger partial charge in [0, 0.05) is 16.6 Å². The Morgan fingerprint density at radius 1 is 0.850 bits per heavy atom. The number of nitrogens with two attached hydrogens (primary N) is 1. The molecule has 0 radical (unpaired) electrons. The highest BCUT2D eigenvalue weighted by Gasteiger charge is 2.10. The Bertz CT molecular complexity index is 777. The van der Waals surface area contributed by atoms with Crippen molar-refractivity contribution in [1.29, 1.82) is 0 Å². The number of hydrogen-bond donors (Lipinski definition) is 1. The monoisotopic (exact) mass is 263 g/mol. The summed E-state index contributed by atoms with van der Waals surface area (Å²) in [6.07, 6.45) is 0. The van der Waals surface area contributed by atoms with Crippen LogP contribution >= 0.6 is 0 Å². The number of rotatable bonds is 2. The molecule has 3 rings (SSSR count). The molecule has 0 saturated carbocycles. The van der Waals surface area contributed by atoms with Crippen LogP contribution in [0.4, 0.5) is 5.69 Å². The normalized spacial score (nSPS) is 10.7. The van der Waals surface area contributed by atoms with Gasteiger partial charge in [-0.25, -0.2) is 0 Å². The molecule has 0 aliphatic rings. The molecule has 0 unspecified atom stereocenters. The molecule has 0 amide bonds. The molecule has 0 spiro atoms. The van der Waals surface area contributed by atoms with Crippen molar-refractivity contribution in [2.24, 2.45) is 0 Å². The number of hydrogen-bond acceptors (Lipinski definition) is 2. The highest BCUT2D eigenvalue weighted by molar-refractivity contribution is 6.02. The van der Waals surface area contributed by atoms with Gasteiger partial charge in [-0.15, -0.1) is 0 Å². The summed E-state index contributed by atoms with van der Waals surface area (Å²) in [5.74, 6) is 0.884. The Labute approximate surface area is 118 Å². The van der Waals surface area contributed by atoms with E-state index < -0.39 is 0 Å². The first-order valence-electron chi connectivity index (χ1n) is 6.63. The average Bonchev–Trinajstić information content (AvgIpc) is 2.47. The molecule has 2 heteroatoms. The number of benzene rings is 3. The lowest BCUT2D eigenvalue weighted by Gasteiger charge is -2.12. The summed E-state index contributed by atoms with van der Waals surface area (Å²) in [6, 6.07) is 18.5. The Morgan fingerprint density at radius 3 is 2.25 bits per heavy atom. The van der Waals surface area contributed by atoms with Crippen molar-refractivity contribution in [3.8, 4) is 16.9 Å². The van der Waals surface area contributed by atoms with Crippen LogP contribution in [0, 0.1) is 6.92 Å². The molecule has 20 heavy (non-hydrogen) atoms. The molecule has 2 nitrogen and oxygen atoms in total. The molecule has 3 aromatic carbocycles. The van der Waals surface area contributed by atoms with Crippen LogP contribution in [0.1, 0.15) is 5.56 Å². The van der Waals surface area contributed by atoms with E-state index in [0.29, 0.717) is 0 Å². The van der Waals surface area contributed by atoms with E-state index in [2.05, 4.69) is 30.3 Å². The number of methoxy groups -OCH3 is 1. The summed E-state index contributed by atoms with van der Waals surface area (Å²) < 4.78 is 5.44. The van der Waals surface area contributed by atoms with Gasteiger partial charge in [-0.3, -0.25) is 0 Å². The van der Waals surface area contributed by atoms with Crippen molar-refractivity contribution in [2.45, 2.75) is 6.92 Å². The molecule has 0 aliphatic heterocycles. The first kappa shape index (κ1) is 12.5. The van der Waals surface area contributed by atoms with E-state index in [1.54, 1.807) is 7.11 Å². The zero-order valence-corrected chi connectivity index (χ0v) is 11.7. The lowest BCUT2D eigenvalue weighted by molar-refractivity contribution is 0.420. The molecule has 0 aromatic heterocycles. The number of nitrogen functional groups attached to an aromatic ring is 1. The van der Waals surface area contributed by atoms with Crippen LogP contribution in [-0.2, 0) is 0 Å². The topological polar surface area (TPSA) is 35.2 Å². The van der Waals surface area contributed by atoms with Gasteiger partial charge in [0.15, 0.2) is 0 Å². The van der Waals surface area contributed by atoms with Crippen molar-refractivity contribution in [3.63, 3.8) is 0 Å². The minimum atomic E-state index is 0.806. The van der Waals surface area contributed by atoms with Crippen LogP contribution in [-0.4, -0.2) is 7.11 Å². The number of ether oxygens (including phenoxy) is 1. The van der Waals surface area contributed by atoms with Gasteiger partial charge in [-0.1, -0.05) is 36.4 Å². The first-order valence-corrected chi connectivity index (χ1v) is 6.63. The Kier molecular flexibility index (Phi) is 3.07. The largest absolute Gasteiger partial charge is 0.496 e. The van der Waals surface area contributed by atoms with E-state index in [0.717, 1.165) is 33.3 Å². The van der Waals surface area contributed by atoms with E-state index in [4.69, 9.17) is 10.5 Å². The minimum absolute atomic E-state index is 0.806. The third kappa shape index (κ3) is 1.99. The second-order valence-electron chi connectivity index (χ2n) is 4.95. The van der Waals surface area contributed by atoms with Crippen LogP contribution in [0.15, 0.2) is 54.6 Å². The van der Waals surface area contributed by atoms with Crippen molar-refractivity contribution in [2.75, 3.05) is 12.8 Å². The fourth-order valence-electron chi connectivity index (χ4n) is 2.61. The first-order chi connectivity index (χ1) is 9.70. The standard InChI is InChI=1S/C18H17NO/c1-12-7-8-15(17(19)11-12)14-9-10-18(20-2)16-6-4-3-5-13(14)16/h3-11H,19H2,1-2H3. The second-order valence-corrected chi connectivity index (χ2v) is 4.95. The smallest absolute Gasteiger partial charge is 0.126 e. The van der Waals surface area contributed by atoms with E-state index in [1.165, 1.54) is 5.56 Å². The summed E-state index contributed by atoms with van der Waals surface area (Å²) in [5.41, 5.74) is 10.4. The molecule has 0 aliphatic carbocycles. The van der Waals surface area contributed by atoms with Crippen molar-refractivity contribution in [1.82, 2.24) is 0 Å². The minimum Gasteiger partial charge on any atom is -0.496 e. The van der Waals surface area contributed by atoms with Crippen LogP contribution in [0.3, 0.4) is 0 Å². The second kappa shape index (κ2) is 4.89. The molecule has 0 saturated heterocycles. The zero-order chi connectivity index (χ0) is 14.1. The summed E-state index contributed by atoms with van der Waals surface area (Å²) >= 11 is 0. The SMILES string of the molecule is COc1ccc(-c2ccc(C)cc2N)c2ccccc12. The molecule has 3 aromatic rings. The molecule has 0 fully saturated rings. The highest BCUT2D eigenvalue weighted by Crippen LogP contribution is 2.36. The average molecular weight is 263 g/mol. The van der Waals surface area contributed by atoms with Gasteiger partial charge < -0.3 is 10.5 Å². The molecule has 0 atom stereocenters. The lowest BCUT2D eigenvalue weighted by Crippen LogP contribution is -1.93. The summed E-state index contributed by atoms with van der Waals surface area (Å²) in [6.45, 7) is 2.05. The number of aryl methyl sites for hydroxylation is 1. The maximum atomic E-state index is 6.18. The van der Waals surface area contributed by atoms with Gasteiger partial charge in [0.2, 0.25) is 0 Å². The fraction of sp³-hybridized carbons (Fsp3) is 0.111. The molecule has 0 heterocycles. The van der Waals surface area contributed by atoms with Gasteiger partial charge in [-0.05, 0) is 41.6 Å². The van der Waals surface area contributed by atoms with Crippen LogP contribution in [0.5, 0.6) is 5.75 Å². The van der Waals surface area contributed by atoms with Gasteiger partial charge in [0.05, 0.1) is 7.11 Å². The third-order valence-corrected chi connectivity index (χ3v) is 3.60. The summed E-state index contributed by atoms with van der Waals surface area (Å²) in [4.78, 5) is 0. The molecular weight excluding hydrogens is 246 g/mol. The lowest BCUT2D eigenvalue weighted by atomic mass is 9.96. The van der Waals surface area contributed by atoms with Crippen molar-refractivity contribution < 1.29 is 4.74 Å². The Morgan fingerprint density at radius 2 is 1.55 bits per heavy atom. The Balaban J connectivity index is 2.32. The molecule has 100 valence electrons. The molecule has 0 bridgehead atoms. The third-order valence-electron chi connectivity index (χ3n) is 3.60. The van der Waals surface area contributed by atoms with Gasteiger partial charge in [0.25, 0.3) is 0 Å². The number of fused-ring (bicyclic) bond motifs is 1. The highest BCUT2D eigenvalue weighted by atomic mass is 16.5. The van der Waals surface area contributed by atoms with Gasteiger partial charge >= 0.3 is 0 Å². The quantitative estimate of drug-likeness (QED) is 0.695. The predicted octanol–water partition coefficient (Wildman–Crippen LogP) is 4.41. The number of anilines is 1. The maximum Gasteiger partial charge on any atom is 0.126 e. The van der Waals surface area contributed by atoms with E-state index >= 15 is 0 Å². The maximum absolute atomic E-state index is 6.18. The predicted molar refractivity (Wildman–Crippen MR) is 85.1 cm³/mol. The van der Waals surface area contributed by atoms with Crippen LogP contribution in [0.25, 0.3) is 21.9 Å². The van der Waals surface area contributed by atoms with Crippen LogP contribution in [0.2, 0.25) is 0 Å². The van der Waals surface area contributed by atoms with Gasteiger partial charge in [-0.2, -0.15) is 0 Å². The molecule has 2 N–H and O–H groups in total. The van der Waals surface area contributed by atoms with Crippen LogP contribution < -0.4 is 10.5 Å². The van der Waals surface area contributed by atoms with Gasteiger partial charge in [0.1, 0.15) is 5.75 Å². The van der Waals surface area contributed by atoms with E-state index in [9.17, 15) is 0 Å². The fourth-order valence-corrected chi connectivity index (χ4v) is 2.61. The van der Waals surface area contributed by atoms with Crippen molar-refractivity contribution in [3.05, 3.63) is 60.2 Å². The van der Waals surface area contributed by atoms with E-state index in [1.807, 2.05) is 31.2 Å². The zero-order valence-electron chi connectivity index (χ0n) is 11.7. The summed E-state index contributed by atoms with van der Waals surface area (Å²) in [5, 5.41) is 2.26. The summed E-state index contributed by atoms with van der Waals surface area (Å²) in [7, 11) is 1.70.